The molecule has 5 nitrogen and oxygen atoms in total. The van der Waals surface area contributed by atoms with E-state index in [9.17, 15) is 4.79 Å². The van der Waals surface area contributed by atoms with Gasteiger partial charge in [-0.05, 0) is 29.8 Å². The number of urea groups is 1. The lowest BCUT2D eigenvalue weighted by molar-refractivity contribution is 0.252. The van der Waals surface area contributed by atoms with Crippen LogP contribution in [0.5, 0.6) is 0 Å². The Balaban J connectivity index is 1.74. The normalized spacial score (nSPS) is 10.1. The number of nitrogens with two attached hydrogens (primary N) is 1. The standard InChI is InChI=1S/C15H18N4O/c16-11-12-4-6-14(7-5-12)19-15(20)18-10-8-13-3-1-2-9-17-13/h1-7,9H,8,10-11,16H2,(H2,18,19,20). The molecule has 104 valence electrons. The number of hydrogen-bond donors (Lipinski definition) is 3. The van der Waals surface area contributed by atoms with Crippen LogP contribution in [0.4, 0.5) is 10.5 Å². The van der Waals surface area contributed by atoms with Crippen LogP contribution in [-0.2, 0) is 13.0 Å². The molecule has 2 amide bonds. The number of anilines is 1. The number of carbonyl (C=O) groups is 1. The summed E-state index contributed by atoms with van der Waals surface area (Å²) in [6, 6.07) is 13.0. The minimum absolute atomic E-state index is 0.221. The summed E-state index contributed by atoms with van der Waals surface area (Å²) < 4.78 is 0. The Kier molecular flexibility index (Phi) is 5.08. The predicted octanol–water partition coefficient (Wildman–Crippen LogP) is 1.90. The van der Waals surface area contributed by atoms with Crippen molar-refractivity contribution < 1.29 is 4.79 Å². The molecular formula is C15H18N4O. The van der Waals surface area contributed by atoms with Crippen LogP contribution in [0.2, 0.25) is 0 Å². The van der Waals surface area contributed by atoms with E-state index >= 15 is 0 Å². The first kappa shape index (κ1) is 14.0. The molecule has 0 radical (unpaired) electrons. The van der Waals surface area contributed by atoms with Gasteiger partial charge in [0.15, 0.2) is 0 Å². The van der Waals surface area contributed by atoms with Crippen molar-refractivity contribution in [3.05, 3.63) is 59.9 Å². The molecule has 1 aromatic carbocycles. The maximum absolute atomic E-state index is 11.7. The summed E-state index contributed by atoms with van der Waals surface area (Å²) in [7, 11) is 0. The molecule has 1 aromatic heterocycles. The third-order valence-electron chi connectivity index (χ3n) is 2.84. The maximum atomic E-state index is 11.7. The van der Waals surface area contributed by atoms with Crippen molar-refractivity contribution in [1.82, 2.24) is 10.3 Å². The molecule has 0 atom stereocenters. The first-order chi connectivity index (χ1) is 9.78. The molecule has 0 unspecified atom stereocenters. The lowest BCUT2D eigenvalue weighted by Gasteiger charge is -2.08. The smallest absolute Gasteiger partial charge is 0.319 e. The van der Waals surface area contributed by atoms with E-state index in [4.69, 9.17) is 5.73 Å². The number of benzene rings is 1. The van der Waals surface area contributed by atoms with Gasteiger partial charge in [0, 0.05) is 37.1 Å². The van der Waals surface area contributed by atoms with Gasteiger partial charge in [0.1, 0.15) is 0 Å². The topological polar surface area (TPSA) is 80.0 Å². The van der Waals surface area contributed by atoms with E-state index in [0.29, 0.717) is 19.5 Å². The Hall–Kier alpha value is -2.40. The molecular weight excluding hydrogens is 252 g/mol. The zero-order valence-electron chi connectivity index (χ0n) is 11.2. The highest BCUT2D eigenvalue weighted by Gasteiger charge is 2.01. The van der Waals surface area contributed by atoms with Crippen molar-refractivity contribution >= 4 is 11.7 Å². The summed E-state index contributed by atoms with van der Waals surface area (Å²) in [4.78, 5) is 15.9. The molecule has 0 saturated carbocycles. The van der Waals surface area contributed by atoms with Gasteiger partial charge in [-0.15, -0.1) is 0 Å². The second-order valence-corrected chi connectivity index (χ2v) is 4.35. The third kappa shape index (κ3) is 4.37. The molecule has 1 heterocycles. The Bertz CT molecular complexity index is 540. The van der Waals surface area contributed by atoms with Crippen molar-refractivity contribution in [1.29, 1.82) is 0 Å². The van der Waals surface area contributed by atoms with Crippen LogP contribution in [0.25, 0.3) is 0 Å². The number of carbonyl (C=O) groups excluding carboxylic acids is 1. The first-order valence-electron chi connectivity index (χ1n) is 6.51. The predicted molar refractivity (Wildman–Crippen MR) is 79.3 cm³/mol. The SMILES string of the molecule is NCc1ccc(NC(=O)NCCc2ccccn2)cc1. The largest absolute Gasteiger partial charge is 0.337 e. The summed E-state index contributed by atoms with van der Waals surface area (Å²) in [5.74, 6) is 0. The molecule has 5 heteroatoms. The van der Waals surface area contributed by atoms with Crippen LogP contribution >= 0.6 is 0 Å². The summed E-state index contributed by atoms with van der Waals surface area (Å²) >= 11 is 0. The fraction of sp³-hybridized carbons (Fsp3) is 0.200. The van der Waals surface area contributed by atoms with E-state index in [2.05, 4.69) is 15.6 Å². The molecule has 2 rings (SSSR count). The number of hydrogen-bond acceptors (Lipinski definition) is 3. The van der Waals surface area contributed by atoms with Gasteiger partial charge >= 0.3 is 6.03 Å². The van der Waals surface area contributed by atoms with E-state index in [0.717, 1.165) is 16.9 Å². The summed E-state index contributed by atoms with van der Waals surface area (Å²) in [5, 5.41) is 5.56. The molecule has 0 bridgehead atoms. The summed E-state index contributed by atoms with van der Waals surface area (Å²) in [5.41, 5.74) is 8.26. The maximum Gasteiger partial charge on any atom is 0.319 e. The van der Waals surface area contributed by atoms with Crippen molar-refractivity contribution in [2.45, 2.75) is 13.0 Å². The van der Waals surface area contributed by atoms with E-state index in [1.807, 2.05) is 42.5 Å². The minimum atomic E-state index is -0.221. The van der Waals surface area contributed by atoms with E-state index < -0.39 is 0 Å². The van der Waals surface area contributed by atoms with Crippen LogP contribution < -0.4 is 16.4 Å². The highest BCUT2D eigenvalue weighted by atomic mass is 16.2. The van der Waals surface area contributed by atoms with Crippen LogP contribution in [0.15, 0.2) is 48.7 Å². The Morgan fingerprint density at radius 3 is 2.60 bits per heavy atom. The van der Waals surface area contributed by atoms with Crippen LogP contribution in [0, 0.1) is 0 Å². The van der Waals surface area contributed by atoms with Crippen LogP contribution in [-0.4, -0.2) is 17.6 Å². The molecule has 0 aliphatic rings. The van der Waals surface area contributed by atoms with E-state index in [1.165, 1.54) is 0 Å². The van der Waals surface area contributed by atoms with Gasteiger partial charge in [0.2, 0.25) is 0 Å². The summed E-state index contributed by atoms with van der Waals surface area (Å²) in [6.45, 7) is 1.04. The molecule has 20 heavy (non-hydrogen) atoms. The van der Waals surface area contributed by atoms with Crippen molar-refractivity contribution in [2.75, 3.05) is 11.9 Å². The second-order valence-electron chi connectivity index (χ2n) is 4.35. The van der Waals surface area contributed by atoms with Gasteiger partial charge in [-0.25, -0.2) is 4.79 Å². The molecule has 0 aliphatic carbocycles. The lowest BCUT2D eigenvalue weighted by atomic mass is 10.2. The molecule has 4 N–H and O–H groups in total. The van der Waals surface area contributed by atoms with Gasteiger partial charge < -0.3 is 16.4 Å². The fourth-order valence-electron chi connectivity index (χ4n) is 1.75. The monoisotopic (exact) mass is 270 g/mol. The van der Waals surface area contributed by atoms with Crippen LogP contribution in [0.1, 0.15) is 11.3 Å². The van der Waals surface area contributed by atoms with Gasteiger partial charge in [0.05, 0.1) is 0 Å². The minimum Gasteiger partial charge on any atom is -0.337 e. The molecule has 2 aromatic rings. The van der Waals surface area contributed by atoms with E-state index in [1.54, 1.807) is 6.20 Å². The highest BCUT2D eigenvalue weighted by molar-refractivity contribution is 5.89. The van der Waals surface area contributed by atoms with Gasteiger partial charge in [-0.3, -0.25) is 4.98 Å². The Morgan fingerprint density at radius 2 is 1.95 bits per heavy atom. The number of amides is 2. The number of nitrogens with zero attached hydrogens (tertiary/aromatic N) is 1. The van der Waals surface area contributed by atoms with Gasteiger partial charge in [-0.1, -0.05) is 18.2 Å². The van der Waals surface area contributed by atoms with Gasteiger partial charge in [-0.2, -0.15) is 0 Å². The average molecular weight is 270 g/mol. The second kappa shape index (κ2) is 7.25. The zero-order chi connectivity index (χ0) is 14.2. The quantitative estimate of drug-likeness (QED) is 0.776. The van der Waals surface area contributed by atoms with Gasteiger partial charge in [0.25, 0.3) is 0 Å². The fourth-order valence-corrected chi connectivity index (χ4v) is 1.75. The number of rotatable bonds is 5. The van der Waals surface area contributed by atoms with Crippen molar-refractivity contribution in [3.8, 4) is 0 Å². The number of aromatic nitrogens is 1. The summed E-state index contributed by atoms with van der Waals surface area (Å²) in [6.07, 6.45) is 2.45. The Morgan fingerprint density at radius 1 is 1.15 bits per heavy atom. The van der Waals surface area contributed by atoms with Crippen molar-refractivity contribution in [2.24, 2.45) is 5.73 Å². The number of nitrogens with one attached hydrogen (secondary N) is 2. The number of pyridine rings is 1. The first-order valence-corrected chi connectivity index (χ1v) is 6.51. The molecule has 0 spiro atoms. The van der Waals surface area contributed by atoms with E-state index in [-0.39, 0.29) is 6.03 Å². The molecule has 0 aliphatic heterocycles. The average Bonchev–Trinajstić information content (AvgIpc) is 2.49. The Labute approximate surface area is 118 Å². The molecule has 0 saturated heterocycles. The molecule has 0 fully saturated rings. The van der Waals surface area contributed by atoms with Crippen LogP contribution in [0.3, 0.4) is 0 Å². The third-order valence-corrected chi connectivity index (χ3v) is 2.84. The highest BCUT2D eigenvalue weighted by Crippen LogP contribution is 2.08. The zero-order valence-corrected chi connectivity index (χ0v) is 11.2. The lowest BCUT2D eigenvalue weighted by Crippen LogP contribution is -2.30. The van der Waals surface area contributed by atoms with Crippen molar-refractivity contribution in [3.63, 3.8) is 0 Å².